The molecule has 0 rings (SSSR count). The van der Waals surface area contributed by atoms with Crippen LogP contribution in [0.5, 0.6) is 0 Å². The van der Waals surface area contributed by atoms with Gasteiger partial charge in [-0.05, 0) is 83.5 Å². The Balaban J connectivity index is 4.44. The summed E-state index contributed by atoms with van der Waals surface area (Å²) in [5, 5.41) is 0. The zero-order valence-corrected chi connectivity index (χ0v) is 36.2. The van der Waals surface area contributed by atoms with Gasteiger partial charge in [0.05, 0.1) is 0 Å². The maximum absolute atomic E-state index is 12.7. The molecule has 0 radical (unpaired) electrons. The van der Waals surface area contributed by atoms with Crippen molar-refractivity contribution in [3.8, 4) is 0 Å². The van der Waals surface area contributed by atoms with Gasteiger partial charge in [0.25, 0.3) is 0 Å². The molecule has 0 aromatic carbocycles. The maximum Gasteiger partial charge on any atom is 0.306 e. The molecule has 1 atom stereocenters. The number of rotatable bonds is 41. The van der Waals surface area contributed by atoms with E-state index in [0.717, 1.165) is 83.5 Å². The van der Waals surface area contributed by atoms with Crippen molar-refractivity contribution >= 4 is 17.9 Å². The minimum Gasteiger partial charge on any atom is -0.462 e. The first-order valence-corrected chi connectivity index (χ1v) is 23.1. The Morgan fingerprint density at radius 2 is 0.655 bits per heavy atom. The van der Waals surface area contributed by atoms with Gasteiger partial charge in [0.15, 0.2) is 6.10 Å². The van der Waals surface area contributed by atoms with Crippen LogP contribution in [0, 0.1) is 0 Å². The van der Waals surface area contributed by atoms with Gasteiger partial charge in [0.1, 0.15) is 13.2 Å². The van der Waals surface area contributed by atoms with E-state index in [1.165, 1.54) is 103 Å². The third kappa shape index (κ3) is 42.4. The van der Waals surface area contributed by atoms with Crippen LogP contribution in [0.1, 0.15) is 226 Å². The standard InChI is InChI=1S/C49H86O6/c1-4-7-10-13-16-19-22-24-25-26-28-30-33-36-39-42-48(51)54-45-46(44-53-47(50)41-38-35-32-29-21-18-15-12-9-6-3)55-49(52)43-40-37-34-31-27-23-20-17-14-11-8-5-2/h16-17,19-20,24-25,28,30,46H,4-15,18,21-23,26-27,29,31-45H2,1-3H3/b19-16-,20-17-,25-24-,30-28-/t46-/m1/s1. The van der Waals surface area contributed by atoms with Crippen molar-refractivity contribution in [1.29, 1.82) is 0 Å². The summed E-state index contributed by atoms with van der Waals surface area (Å²) < 4.78 is 16.7. The second-order valence-electron chi connectivity index (χ2n) is 15.3. The highest BCUT2D eigenvalue weighted by atomic mass is 16.6. The van der Waals surface area contributed by atoms with Gasteiger partial charge in [-0.2, -0.15) is 0 Å². The monoisotopic (exact) mass is 771 g/mol. The molecule has 0 heterocycles. The quantitative estimate of drug-likeness (QED) is 0.0267. The van der Waals surface area contributed by atoms with Gasteiger partial charge in [-0.1, -0.05) is 172 Å². The summed E-state index contributed by atoms with van der Waals surface area (Å²) in [4.78, 5) is 37.7. The van der Waals surface area contributed by atoms with Crippen molar-refractivity contribution in [3.63, 3.8) is 0 Å². The summed E-state index contributed by atoms with van der Waals surface area (Å²) in [6.45, 7) is 6.52. The van der Waals surface area contributed by atoms with Crippen LogP contribution in [0.4, 0.5) is 0 Å². The van der Waals surface area contributed by atoms with E-state index in [9.17, 15) is 14.4 Å². The summed E-state index contributed by atoms with van der Waals surface area (Å²) in [6, 6.07) is 0. The van der Waals surface area contributed by atoms with Crippen LogP contribution in [0.15, 0.2) is 48.6 Å². The van der Waals surface area contributed by atoms with Crippen LogP contribution in [0.25, 0.3) is 0 Å². The third-order valence-corrected chi connectivity index (χ3v) is 9.81. The molecule has 0 unspecified atom stereocenters. The number of unbranched alkanes of at least 4 members (excludes halogenated alkanes) is 22. The Labute approximate surface area is 339 Å². The molecule has 0 saturated heterocycles. The first-order chi connectivity index (χ1) is 27.0. The largest absolute Gasteiger partial charge is 0.462 e. The summed E-state index contributed by atoms with van der Waals surface area (Å²) in [7, 11) is 0. The van der Waals surface area contributed by atoms with E-state index >= 15 is 0 Å². The molecule has 0 N–H and O–H groups in total. The van der Waals surface area contributed by atoms with Crippen LogP contribution in [0.2, 0.25) is 0 Å². The third-order valence-electron chi connectivity index (χ3n) is 9.81. The SMILES string of the molecule is CCCCC/C=C\C/C=C\C/C=C\CCCCC(=O)OC[C@@H](COC(=O)CCCCCCCCCCCC)OC(=O)CCCCCCC/C=C\CCCCC. The van der Waals surface area contributed by atoms with E-state index in [-0.39, 0.29) is 31.1 Å². The number of ether oxygens (including phenoxy) is 3. The predicted molar refractivity (Wildman–Crippen MR) is 233 cm³/mol. The molecule has 0 aliphatic heterocycles. The Morgan fingerprint density at radius 1 is 0.364 bits per heavy atom. The van der Waals surface area contributed by atoms with E-state index in [2.05, 4.69) is 69.4 Å². The van der Waals surface area contributed by atoms with Crippen molar-refractivity contribution in [2.45, 2.75) is 232 Å². The molecular weight excluding hydrogens is 685 g/mol. The van der Waals surface area contributed by atoms with Gasteiger partial charge < -0.3 is 14.2 Å². The molecule has 55 heavy (non-hydrogen) atoms. The highest BCUT2D eigenvalue weighted by Gasteiger charge is 2.19. The van der Waals surface area contributed by atoms with Gasteiger partial charge >= 0.3 is 17.9 Å². The van der Waals surface area contributed by atoms with Gasteiger partial charge in [-0.15, -0.1) is 0 Å². The van der Waals surface area contributed by atoms with Crippen molar-refractivity contribution in [3.05, 3.63) is 48.6 Å². The van der Waals surface area contributed by atoms with Crippen LogP contribution in [0.3, 0.4) is 0 Å². The Bertz CT molecular complexity index is 980. The Kier molecular flexibility index (Phi) is 42.0. The Hall–Kier alpha value is -2.63. The highest BCUT2D eigenvalue weighted by molar-refractivity contribution is 5.71. The minimum absolute atomic E-state index is 0.0872. The fourth-order valence-electron chi connectivity index (χ4n) is 6.27. The predicted octanol–water partition coefficient (Wildman–Crippen LogP) is 14.8. The van der Waals surface area contributed by atoms with Crippen molar-refractivity contribution in [1.82, 2.24) is 0 Å². The number of hydrogen-bond donors (Lipinski definition) is 0. The van der Waals surface area contributed by atoms with Crippen LogP contribution >= 0.6 is 0 Å². The number of esters is 3. The zero-order valence-electron chi connectivity index (χ0n) is 36.2. The normalized spacial score (nSPS) is 12.4. The van der Waals surface area contributed by atoms with Crippen molar-refractivity contribution in [2.75, 3.05) is 13.2 Å². The summed E-state index contributed by atoms with van der Waals surface area (Å²) in [6.07, 6.45) is 50.9. The van der Waals surface area contributed by atoms with E-state index < -0.39 is 6.10 Å². The van der Waals surface area contributed by atoms with Crippen LogP contribution in [-0.4, -0.2) is 37.2 Å². The molecule has 6 heteroatoms. The maximum atomic E-state index is 12.7. The first kappa shape index (κ1) is 52.4. The smallest absolute Gasteiger partial charge is 0.306 e. The second-order valence-corrected chi connectivity index (χ2v) is 15.3. The summed E-state index contributed by atoms with van der Waals surface area (Å²) in [5.41, 5.74) is 0. The average Bonchev–Trinajstić information content (AvgIpc) is 3.18. The molecule has 0 bridgehead atoms. The summed E-state index contributed by atoms with van der Waals surface area (Å²) in [5.74, 6) is -0.938. The van der Waals surface area contributed by atoms with E-state index in [4.69, 9.17) is 14.2 Å². The van der Waals surface area contributed by atoms with Crippen LogP contribution < -0.4 is 0 Å². The molecule has 0 aliphatic rings. The van der Waals surface area contributed by atoms with Gasteiger partial charge in [-0.25, -0.2) is 0 Å². The molecule has 0 aromatic heterocycles. The van der Waals surface area contributed by atoms with Gasteiger partial charge in [0.2, 0.25) is 0 Å². The van der Waals surface area contributed by atoms with Gasteiger partial charge in [-0.3, -0.25) is 14.4 Å². The molecule has 0 aromatic rings. The molecule has 0 spiro atoms. The lowest BCUT2D eigenvalue weighted by molar-refractivity contribution is -0.167. The first-order valence-electron chi connectivity index (χ1n) is 23.1. The lowest BCUT2D eigenvalue weighted by Crippen LogP contribution is -2.30. The highest BCUT2D eigenvalue weighted by Crippen LogP contribution is 2.13. The van der Waals surface area contributed by atoms with Gasteiger partial charge in [0, 0.05) is 19.3 Å². The molecule has 0 fully saturated rings. The Morgan fingerprint density at radius 3 is 1.11 bits per heavy atom. The molecule has 318 valence electrons. The molecule has 0 saturated carbocycles. The molecular formula is C49H86O6. The fourth-order valence-corrected chi connectivity index (χ4v) is 6.27. The lowest BCUT2D eigenvalue weighted by atomic mass is 10.1. The molecule has 0 amide bonds. The van der Waals surface area contributed by atoms with Crippen LogP contribution in [-0.2, 0) is 28.6 Å². The van der Waals surface area contributed by atoms with Crippen molar-refractivity contribution in [2.24, 2.45) is 0 Å². The fraction of sp³-hybridized carbons (Fsp3) is 0.776. The molecule has 6 nitrogen and oxygen atoms in total. The van der Waals surface area contributed by atoms with E-state index in [0.29, 0.717) is 19.3 Å². The zero-order chi connectivity index (χ0) is 40.1. The average molecular weight is 771 g/mol. The second kappa shape index (κ2) is 44.1. The summed E-state index contributed by atoms with van der Waals surface area (Å²) >= 11 is 0. The molecule has 0 aliphatic carbocycles. The number of carbonyl (C=O) groups is 3. The van der Waals surface area contributed by atoms with E-state index in [1.807, 2.05) is 0 Å². The topological polar surface area (TPSA) is 78.9 Å². The number of carbonyl (C=O) groups excluding carboxylic acids is 3. The minimum atomic E-state index is -0.787. The van der Waals surface area contributed by atoms with Crippen molar-refractivity contribution < 1.29 is 28.6 Å². The van der Waals surface area contributed by atoms with E-state index in [1.54, 1.807) is 0 Å². The number of hydrogen-bond acceptors (Lipinski definition) is 6. The lowest BCUT2D eigenvalue weighted by Gasteiger charge is -2.18. The number of allylic oxidation sites excluding steroid dienone is 8.